The van der Waals surface area contributed by atoms with Crippen LogP contribution in [0.4, 0.5) is 5.69 Å². The highest BCUT2D eigenvalue weighted by Gasteiger charge is 2.09. The predicted molar refractivity (Wildman–Crippen MR) is 49.3 cm³/mol. The lowest BCUT2D eigenvalue weighted by atomic mass is 10.3. The minimum atomic E-state index is -1.04. The molecule has 0 unspecified atom stereocenters. The zero-order chi connectivity index (χ0) is 9.84. The van der Waals surface area contributed by atoms with Crippen LogP contribution in [0.2, 0.25) is 5.02 Å². The lowest BCUT2D eigenvalue weighted by Crippen LogP contribution is -2.29. The number of hydrogen-bond acceptors (Lipinski definition) is 2. The van der Waals surface area contributed by atoms with E-state index in [0.717, 1.165) is 0 Å². The topological polar surface area (TPSA) is 72.2 Å². The van der Waals surface area contributed by atoms with Gasteiger partial charge in [-0.15, -0.1) is 0 Å². The number of carbonyl (C=O) groups is 2. The maximum absolute atomic E-state index is 10.8. The van der Waals surface area contributed by atoms with Gasteiger partial charge in [0.25, 0.3) is 0 Å². The van der Waals surface area contributed by atoms with Crippen molar-refractivity contribution in [2.75, 3.05) is 5.32 Å². The van der Waals surface area contributed by atoms with Crippen molar-refractivity contribution < 1.29 is 9.59 Å². The molecule has 3 N–H and O–H groups in total. The Balaban J connectivity index is 2.81. The van der Waals surface area contributed by atoms with E-state index in [2.05, 4.69) is 5.32 Å². The van der Waals surface area contributed by atoms with Crippen molar-refractivity contribution >= 4 is 29.1 Å². The fourth-order valence-corrected chi connectivity index (χ4v) is 0.929. The maximum Gasteiger partial charge on any atom is 0.313 e. The summed E-state index contributed by atoms with van der Waals surface area (Å²) in [6.45, 7) is 0. The molecular formula is C8H7ClN2O2. The Labute approximate surface area is 79.7 Å². The van der Waals surface area contributed by atoms with Crippen molar-refractivity contribution in [3.63, 3.8) is 0 Å². The molecule has 0 aliphatic carbocycles. The molecule has 68 valence electrons. The van der Waals surface area contributed by atoms with Crippen LogP contribution in [-0.2, 0) is 9.59 Å². The number of benzene rings is 1. The van der Waals surface area contributed by atoms with Crippen LogP contribution in [0.1, 0.15) is 0 Å². The number of anilines is 1. The van der Waals surface area contributed by atoms with Crippen molar-refractivity contribution in [1.29, 1.82) is 0 Å². The maximum atomic E-state index is 10.8. The highest BCUT2D eigenvalue weighted by Crippen LogP contribution is 2.19. The third-order valence-corrected chi connectivity index (χ3v) is 1.68. The lowest BCUT2D eigenvalue weighted by molar-refractivity contribution is -0.134. The number of nitrogens with one attached hydrogen (secondary N) is 1. The van der Waals surface area contributed by atoms with E-state index in [1.165, 1.54) is 0 Å². The molecule has 1 aromatic carbocycles. The third kappa shape index (κ3) is 2.45. The van der Waals surface area contributed by atoms with Crippen LogP contribution in [-0.4, -0.2) is 11.8 Å². The van der Waals surface area contributed by atoms with Crippen LogP contribution in [0.5, 0.6) is 0 Å². The van der Waals surface area contributed by atoms with E-state index in [1.54, 1.807) is 24.3 Å². The van der Waals surface area contributed by atoms with Crippen LogP contribution < -0.4 is 11.1 Å². The van der Waals surface area contributed by atoms with E-state index in [1.807, 2.05) is 0 Å². The molecule has 0 atom stereocenters. The van der Waals surface area contributed by atoms with E-state index in [4.69, 9.17) is 17.3 Å². The number of rotatable bonds is 1. The normalized spacial score (nSPS) is 9.31. The molecule has 0 aliphatic rings. The summed E-state index contributed by atoms with van der Waals surface area (Å²) in [5.41, 5.74) is 5.11. The van der Waals surface area contributed by atoms with Gasteiger partial charge in [0.15, 0.2) is 0 Å². The number of amides is 2. The Bertz CT molecular complexity index is 352. The van der Waals surface area contributed by atoms with Gasteiger partial charge in [0.05, 0.1) is 10.7 Å². The van der Waals surface area contributed by atoms with Crippen molar-refractivity contribution in [3.05, 3.63) is 29.3 Å². The number of carbonyl (C=O) groups excluding carboxylic acids is 2. The van der Waals surface area contributed by atoms with Gasteiger partial charge in [-0.2, -0.15) is 0 Å². The summed E-state index contributed by atoms with van der Waals surface area (Å²) in [6, 6.07) is 6.56. The molecule has 1 rings (SSSR count). The van der Waals surface area contributed by atoms with E-state index in [9.17, 15) is 9.59 Å². The van der Waals surface area contributed by atoms with Gasteiger partial charge in [0.2, 0.25) is 0 Å². The van der Waals surface area contributed by atoms with Crippen molar-refractivity contribution in [2.24, 2.45) is 5.73 Å². The number of halogens is 1. The van der Waals surface area contributed by atoms with Gasteiger partial charge in [-0.1, -0.05) is 23.7 Å². The Hall–Kier alpha value is -1.55. The summed E-state index contributed by atoms with van der Waals surface area (Å²) >= 11 is 5.71. The number of primary amides is 1. The molecule has 0 aliphatic heterocycles. The lowest BCUT2D eigenvalue weighted by Gasteiger charge is -2.03. The Morgan fingerprint density at radius 1 is 1.31 bits per heavy atom. The minimum absolute atomic E-state index is 0.358. The smallest absolute Gasteiger partial charge is 0.313 e. The van der Waals surface area contributed by atoms with Crippen molar-refractivity contribution in [1.82, 2.24) is 0 Å². The van der Waals surface area contributed by atoms with Gasteiger partial charge in [-0.25, -0.2) is 0 Å². The van der Waals surface area contributed by atoms with E-state index in [-0.39, 0.29) is 0 Å². The fourth-order valence-electron chi connectivity index (χ4n) is 0.746. The molecule has 0 bridgehead atoms. The first-order valence-corrected chi connectivity index (χ1v) is 3.84. The van der Waals surface area contributed by atoms with Crippen molar-refractivity contribution in [2.45, 2.75) is 0 Å². The monoisotopic (exact) mass is 198 g/mol. The quantitative estimate of drug-likeness (QED) is 0.654. The van der Waals surface area contributed by atoms with Gasteiger partial charge >= 0.3 is 11.8 Å². The fraction of sp³-hybridized carbons (Fsp3) is 0. The molecule has 13 heavy (non-hydrogen) atoms. The standard InChI is InChI=1S/C8H7ClN2O2/c9-5-3-1-2-4-6(5)11-8(13)7(10)12/h1-4H,(H2,10,12)(H,11,13). The van der Waals surface area contributed by atoms with Crippen LogP contribution in [0.15, 0.2) is 24.3 Å². The molecular weight excluding hydrogens is 192 g/mol. The molecule has 1 aromatic rings. The SMILES string of the molecule is NC(=O)C(=O)Nc1ccccc1Cl. The van der Waals surface area contributed by atoms with E-state index >= 15 is 0 Å². The highest BCUT2D eigenvalue weighted by atomic mass is 35.5. The second-order valence-corrected chi connectivity index (χ2v) is 2.71. The summed E-state index contributed by atoms with van der Waals surface area (Å²) in [4.78, 5) is 21.2. The second kappa shape index (κ2) is 3.91. The van der Waals surface area contributed by atoms with Crippen LogP contribution in [0, 0.1) is 0 Å². The van der Waals surface area contributed by atoms with E-state index < -0.39 is 11.8 Å². The Morgan fingerprint density at radius 3 is 2.46 bits per heavy atom. The third-order valence-electron chi connectivity index (χ3n) is 1.35. The van der Waals surface area contributed by atoms with Crippen LogP contribution >= 0.6 is 11.6 Å². The first-order valence-electron chi connectivity index (χ1n) is 3.46. The second-order valence-electron chi connectivity index (χ2n) is 2.30. The first-order chi connectivity index (χ1) is 6.11. The van der Waals surface area contributed by atoms with E-state index in [0.29, 0.717) is 10.7 Å². The Morgan fingerprint density at radius 2 is 1.92 bits per heavy atom. The number of para-hydroxylation sites is 1. The molecule has 0 heterocycles. The molecule has 5 heteroatoms. The number of nitrogens with two attached hydrogens (primary N) is 1. The molecule has 0 saturated carbocycles. The predicted octanol–water partition coefficient (Wildman–Crippen LogP) is 0.764. The average Bonchev–Trinajstić information content (AvgIpc) is 2.08. The van der Waals surface area contributed by atoms with Gasteiger partial charge in [0, 0.05) is 0 Å². The number of hydrogen-bond donors (Lipinski definition) is 2. The molecule has 0 fully saturated rings. The molecule has 4 nitrogen and oxygen atoms in total. The summed E-state index contributed by atoms with van der Waals surface area (Å²) in [7, 11) is 0. The molecule has 2 amide bonds. The molecule has 0 spiro atoms. The van der Waals surface area contributed by atoms with Crippen molar-refractivity contribution in [3.8, 4) is 0 Å². The summed E-state index contributed by atoms with van der Waals surface area (Å²) in [5.74, 6) is -1.92. The zero-order valence-corrected chi connectivity index (χ0v) is 7.34. The summed E-state index contributed by atoms with van der Waals surface area (Å²) < 4.78 is 0. The largest absolute Gasteiger partial charge is 0.361 e. The van der Waals surface area contributed by atoms with Gasteiger partial charge in [0.1, 0.15) is 0 Å². The molecule has 0 aromatic heterocycles. The highest BCUT2D eigenvalue weighted by molar-refractivity contribution is 6.41. The van der Waals surface area contributed by atoms with Gasteiger partial charge < -0.3 is 11.1 Å². The molecule has 0 saturated heterocycles. The average molecular weight is 199 g/mol. The summed E-state index contributed by atoms with van der Waals surface area (Å²) in [6.07, 6.45) is 0. The van der Waals surface area contributed by atoms with Gasteiger partial charge in [-0.05, 0) is 12.1 Å². The van der Waals surface area contributed by atoms with Crippen LogP contribution in [0.3, 0.4) is 0 Å². The zero-order valence-electron chi connectivity index (χ0n) is 6.58. The first kappa shape index (κ1) is 9.54. The van der Waals surface area contributed by atoms with Gasteiger partial charge in [-0.3, -0.25) is 9.59 Å². The minimum Gasteiger partial charge on any atom is -0.361 e. The molecule has 0 radical (unpaired) electrons. The Kier molecular flexibility index (Phi) is 2.87. The summed E-state index contributed by atoms with van der Waals surface area (Å²) in [5, 5.41) is 2.62. The van der Waals surface area contributed by atoms with Crippen LogP contribution in [0.25, 0.3) is 0 Å².